The predicted molar refractivity (Wildman–Crippen MR) is 34.6 cm³/mol. The average molecular weight is 73.0 g/mol. The first-order valence-electron chi connectivity index (χ1n) is 1.71. The Kier molecular flexibility index (Phi) is 42.8. The molecule has 0 aromatic carbocycles. The summed E-state index contributed by atoms with van der Waals surface area (Å²) in [6.45, 7) is 5.72. The maximum atomic E-state index is 3.60. The van der Waals surface area contributed by atoms with Gasteiger partial charge in [-0.15, -0.1) is 0 Å². The predicted octanol–water partition coefficient (Wildman–Crippen LogP) is 0.324. The van der Waals surface area contributed by atoms with Crippen LogP contribution in [0.15, 0.2) is 0 Å². The van der Waals surface area contributed by atoms with Gasteiger partial charge in [-0.3, -0.25) is 0 Å². The standard InChI is InChI=1S/C4H9.2Li.2H/c1-3-4-2;;;;/h1,3-4H2,2H3;;;;. The van der Waals surface area contributed by atoms with Crippen LogP contribution in [0.2, 0.25) is 0 Å². The summed E-state index contributed by atoms with van der Waals surface area (Å²) in [5.74, 6) is 0. The van der Waals surface area contributed by atoms with Crippen LogP contribution in [0.5, 0.6) is 0 Å². The number of rotatable bonds is 1. The van der Waals surface area contributed by atoms with E-state index >= 15 is 0 Å². The molecule has 0 heterocycles. The molecule has 1 radical (unpaired) electrons. The molecular weight excluding hydrogens is 61.9 g/mol. The van der Waals surface area contributed by atoms with Gasteiger partial charge in [-0.05, 0) is 0 Å². The summed E-state index contributed by atoms with van der Waals surface area (Å²) >= 11 is 0. The molecule has 0 nitrogen and oxygen atoms in total. The van der Waals surface area contributed by atoms with Gasteiger partial charge < -0.3 is 0 Å². The Morgan fingerprint density at radius 2 is 1.50 bits per heavy atom. The average Bonchev–Trinajstić information content (AvgIpc) is 1.37. The molecule has 0 aliphatic heterocycles. The molecule has 0 aliphatic carbocycles. The minimum atomic E-state index is 0. The molecule has 0 bridgehead atoms. The van der Waals surface area contributed by atoms with E-state index in [1.165, 1.54) is 6.42 Å². The van der Waals surface area contributed by atoms with Gasteiger partial charge in [-0.25, -0.2) is 0 Å². The monoisotopic (exact) mass is 73.1 g/mol. The van der Waals surface area contributed by atoms with Crippen molar-refractivity contribution in [2.45, 2.75) is 19.8 Å². The zero-order chi connectivity index (χ0) is 3.41. The van der Waals surface area contributed by atoms with Crippen LogP contribution < -0.4 is 0 Å². The van der Waals surface area contributed by atoms with Crippen LogP contribution in [-0.2, 0) is 0 Å². The first-order valence-corrected chi connectivity index (χ1v) is 1.71. The van der Waals surface area contributed by atoms with E-state index < -0.39 is 0 Å². The Morgan fingerprint density at radius 3 is 1.50 bits per heavy atom. The molecule has 0 rings (SSSR count). The molecule has 0 saturated carbocycles. The van der Waals surface area contributed by atoms with E-state index in [4.69, 9.17) is 0 Å². The Balaban J connectivity index is -0.0000000450. The van der Waals surface area contributed by atoms with E-state index in [-0.39, 0.29) is 37.7 Å². The van der Waals surface area contributed by atoms with Gasteiger partial charge in [-0.2, -0.15) is 0 Å². The Hall–Kier alpha value is 1.19. The van der Waals surface area contributed by atoms with Crippen molar-refractivity contribution < 1.29 is 0 Å². The van der Waals surface area contributed by atoms with Gasteiger partial charge in [0.1, 0.15) is 0 Å². The van der Waals surface area contributed by atoms with Gasteiger partial charge >= 0.3 is 37.7 Å². The molecule has 0 aromatic rings. The molecule has 0 spiro atoms. The van der Waals surface area contributed by atoms with Crippen molar-refractivity contribution in [2.75, 3.05) is 0 Å². The van der Waals surface area contributed by atoms with Crippen molar-refractivity contribution in [3.8, 4) is 0 Å². The van der Waals surface area contributed by atoms with Gasteiger partial charge in [0.05, 0.1) is 0 Å². The normalized spacial score (nSPS) is 5.00. The molecular formula is C4H11Li2. The van der Waals surface area contributed by atoms with E-state index in [0.29, 0.717) is 0 Å². The van der Waals surface area contributed by atoms with Gasteiger partial charge in [-0.1, -0.05) is 26.7 Å². The second kappa shape index (κ2) is 16.4. The quantitative estimate of drug-likeness (QED) is 0.392. The van der Waals surface area contributed by atoms with Gasteiger partial charge in [0.25, 0.3) is 0 Å². The molecule has 6 heavy (non-hydrogen) atoms. The van der Waals surface area contributed by atoms with Crippen molar-refractivity contribution in [3.05, 3.63) is 6.92 Å². The molecule has 0 atom stereocenters. The summed E-state index contributed by atoms with van der Waals surface area (Å²) in [5.41, 5.74) is 0. The fraction of sp³-hybridized carbons (Fsp3) is 0.750. The zero-order valence-corrected chi connectivity index (χ0v) is 3.12. The van der Waals surface area contributed by atoms with Crippen molar-refractivity contribution in [1.29, 1.82) is 0 Å². The molecule has 0 fully saturated rings. The zero-order valence-electron chi connectivity index (χ0n) is 3.12. The minimum absolute atomic E-state index is 0. The number of unbranched alkanes of at least 4 members (excludes halogenated alkanes) is 1. The van der Waals surface area contributed by atoms with Crippen LogP contribution >= 0.6 is 0 Å². The van der Waals surface area contributed by atoms with E-state index in [2.05, 4.69) is 13.8 Å². The van der Waals surface area contributed by atoms with Crippen LogP contribution in [0.4, 0.5) is 0 Å². The summed E-state index contributed by atoms with van der Waals surface area (Å²) < 4.78 is 0. The van der Waals surface area contributed by atoms with E-state index in [9.17, 15) is 0 Å². The van der Waals surface area contributed by atoms with Crippen LogP contribution in [0.25, 0.3) is 0 Å². The molecule has 2 heteroatoms. The number of hydrogen-bond donors (Lipinski definition) is 0. The maximum absolute atomic E-state index is 3.60. The third-order valence-corrected chi connectivity index (χ3v) is 0.354. The third-order valence-electron chi connectivity index (χ3n) is 0.354. The Morgan fingerprint density at radius 1 is 1.33 bits per heavy atom. The molecule has 0 N–H and O–H groups in total. The summed E-state index contributed by atoms with van der Waals surface area (Å²) in [4.78, 5) is 0. The number of hydrogen-bond acceptors (Lipinski definition) is 0. The topological polar surface area (TPSA) is 0 Å². The van der Waals surface area contributed by atoms with E-state index in [1.807, 2.05) is 0 Å². The van der Waals surface area contributed by atoms with Gasteiger partial charge in [0.15, 0.2) is 0 Å². The molecule has 0 aliphatic rings. The molecule has 29 valence electrons. The van der Waals surface area contributed by atoms with E-state index in [1.54, 1.807) is 0 Å². The summed E-state index contributed by atoms with van der Waals surface area (Å²) in [7, 11) is 0. The fourth-order valence-corrected chi connectivity index (χ4v) is 0. The van der Waals surface area contributed by atoms with Crippen LogP contribution in [-0.4, -0.2) is 37.7 Å². The summed E-state index contributed by atoms with van der Waals surface area (Å²) in [5, 5.41) is 0. The van der Waals surface area contributed by atoms with Crippen molar-refractivity contribution in [3.63, 3.8) is 0 Å². The summed E-state index contributed by atoms with van der Waals surface area (Å²) in [6, 6.07) is 0. The molecule has 0 saturated heterocycles. The molecule has 0 aromatic heterocycles. The Bertz CT molecular complexity index is 7.51. The van der Waals surface area contributed by atoms with Crippen molar-refractivity contribution in [2.24, 2.45) is 0 Å². The molecule has 0 amide bonds. The van der Waals surface area contributed by atoms with Crippen LogP contribution in [0, 0.1) is 6.92 Å². The Labute approximate surface area is 64.4 Å². The van der Waals surface area contributed by atoms with Crippen molar-refractivity contribution in [1.82, 2.24) is 0 Å². The van der Waals surface area contributed by atoms with Crippen LogP contribution in [0.3, 0.4) is 0 Å². The summed E-state index contributed by atoms with van der Waals surface area (Å²) in [6.07, 6.45) is 2.28. The first-order chi connectivity index (χ1) is 1.91. The van der Waals surface area contributed by atoms with Crippen molar-refractivity contribution >= 4 is 37.7 Å². The fourth-order valence-electron chi connectivity index (χ4n) is 0. The van der Waals surface area contributed by atoms with Crippen LogP contribution in [0.1, 0.15) is 19.8 Å². The molecule has 0 unspecified atom stereocenters. The van der Waals surface area contributed by atoms with Gasteiger partial charge in [0.2, 0.25) is 0 Å². The first kappa shape index (κ1) is 15.7. The second-order valence-corrected chi connectivity index (χ2v) is 0.854. The third kappa shape index (κ3) is 19.0. The van der Waals surface area contributed by atoms with E-state index in [0.717, 1.165) is 6.42 Å². The van der Waals surface area contributed by atoms with Gasteiger partial charge in [0, 0.05) is 0 Å². The SMILES string of the molecule is [CH2]CCC.[LiH].[LiH]. The second-order valence-electron chi connectivity index (χ2n) is 0.854.